The van der Waals surface area contributed by atoms with Crippen molar-refractivity contribution in [2.45, 2.75) is 75.1 Å². The first-order valence-electron chi connectivity index (χ1n) is 15.3. The standard InChI is InChI=1S/C32H46N4O7S.ClH/c1-23(2)7-8-25-9-14-28(24(3)22-25)30-33-29(43-35-30)6-5-20-42-26-10-12-27(13-11-26)44(39,40)32(31(37)34-38)15-17-36(18-16-32)19-21-41-4;/h9-14,22-23,30,35,38H,5-8,15-21H2,1-4H3,(H,34,37);1H. The summed E-state index contributed by atoms with van der Waals surface area (Å²) in [5, 5.41) is 9.40. The number of carbonyl (C=O) groups is 1. The second-order valence-corrected chi connectivity index (χ2v) is 14.2. The van der Waals surface area contributed by atoms with Crippen LogP contribution in [0.3, 0.4) is 0 Å². The summed E-state index contributed by atoms with van der Waals surface area (Å²) in [7, 11) is -2.49. The topological polar surface area (TPSA) is 139 Å². The summed E-state index contributed by atoms with van der Waals surface area (Å²) in [5.74, 6) is 0.889. The number of hydrogen-bond donors (Lipinski definition) is 3. The number of likely N-dealkylation sites (tertiary alicyclic amines) is 1. The maximum Gasteiger partial charge on any atom is 0.265 e. The third-order valence-corrected chi connectivity index (χ3v) is 11.0. The van der Waals surface area contributed by atoms with E-state index in [0.29, 0.717) is 63.3 Å². The quantitative estimate of drug-likeness (QED) is 0.142. The molecule has 0 aromatic heterocycles. The summed E-state index contributed by atoms with van der Waals surface area (Å²) in [6.45, 7) is 8.90. The fourth-order valence-electron chi connectivity index (χ4n) is 5.66. The van der Waals surface area contributed by atoms with Gasteiger partial charge < -0.3 is 19.2 Å². The summed E-state index contributed by atoms with van der Waals surface area (Å²) in [4.78, 5) is 25.1. The summed E-state index contributed by atoms with van der Waals surface area (Å²) < 4.78 is 36.6. The molecule has 13 heteroatoms. The van der Waals surface area contributed by atoms with Crippen LogP contribution < -0.4 is 15.7 Å². The largest absolute Gasteiger partial charge is 0.494 e. The fraction of sp³-hybridized carbons (Fsp3) is 0.562. The lowest BCUT2D eigenvalue weighted by atomic mass is 9.95. The first kappa shape index (κ1) is 36.7. The van der Waals surface area contributed by atoms with Crippen LogP contribution in [0.15, 0.2) is 52.4 Å². The zero-order valence-corrected chi connectivity index (χ0v) is 28.2. The second kappa shape index (κ2) is 16.7. The summed E-state index contributed by atoms with van der Waals surface area (Å²) in [5.41, 5.74) is 8.21. The molecule has 2 aromatic rings. The van der Waals surface area contributed by atoms with Gasteiger partial charge in [0.25, 0.3) is 5.91 Å². The van der Waals surface area contributed by atoms with Crippen LogP contribution in [0, 0.1) is 12.8 Å². The minimum Gasteiger partial charge on any atom is -0.494 e. The van der Waals surface area contributed by atoms with E-state index in [4.69, 9.17) is 19.3 Å². The molecular formula is C32H47ClN4O7S. The Balaban J connectivity index is 0.00000552. The Kier molecular flexibility index (Phi) is 13.6. The highest BCUT2D eigenvalue weighted by molar-refractivity contribution is 7.93. The van der Waals surface area contributed by atoms with Crippen LogP contribution in [0.5, 0.6) is 5.75 Å². The van der Waals surface area contributed by atoms with Gasteiger partial charge in [-0.2, -0.15) is 0 Å². The summed E-state index contributed by atoms with van der Waals surface area (Å²) >= 11 is 0. The molecule has 0 saturated carbocycles. The molecule has 2 aliphatic heterocycles. The van der Waals surface area contributed by atoms with Crippen molar-refractivity contribution in [2.75, 3.05) is 40.0 Å². The number of aliphatic imine (C=N–C) groups is 1. The molecule has 2 aliphatic rings. The van der Waals surface area contributed by atoms with Gasteiger partial charge in [0.2, 0.25) is 5.90 Å². The van der Waals surface area contributed by atoms with Crippen LogP contribution in [-0.2, 0) is 30.6 Å². The number of hydroxylamine groups is 2. The third-order valence-electron chi connectivity index (χ3n) is 8.44. The third kappa shape index (κ3) is 8.96. The number of methoxy groups -OCH3 is 1. The van der Waals surface area contributed by atoms with Gasteiger partial charge >= 0.3 is 0 Å². The Labute approximate surface area is 273 Å². The first-order chi connectivity index (χ1) is 21.1. The SMILES string of the molecule is COCCN1CCC(C(=O)NO)(S(=O)(=O)c2ccc(OCCCC3=NC(c4ccc(CCC(C)C)cc4C)NO3)cc2)CC1.Cl. The predicted octanol–water partition coefficient (Wildman–Crippen LogP) is 4.56. The minimum atomic E-state index is -4.10. The summed E-state index contributed by atoms with van der Waals surface area (Å²) in [6.07, 6.45) is 3.35. The first-order valence-corrected chi connectivity index (χ1v) is 16.8. The molecule has 0 aliphatic carbocycles. The number of amides is 1. The van der Waals surface area contributed by atoms with Crippen molar-refractivity contribution in [2.24, 2.45) is 10.9 Å². The van der Waals surface area contributed by atoms with Gasteiger partial charge in [-0.3, -0.25) is 10.0 Å². The van der Waals surface area contributed by atoms with E-state index in [2.05, 4.69) is 44.5 Å². The maximum atomic E-state index is 13.7. The number of benzene rings is 2. The normalized spacial score (nSPS) is 18.2. The van der Waals surface area contributed by atoms with E-state index in [1.165, 1.54) is 23.3 Å². The second-order valence-electron chi connectivity index (χ2n) is 12.0. The molecule has 1 fully saturated rings. The highest BCUT2D eigenvalue weighted by Gasteiger charge is 2.52. The lowest BCUT2D eigenvalue weighted by Gasteiger charge is -2.39. The van der Waals surface area contributed by atoms with Gasteiger partial charge in [0, 0.05) is 33.2 Å². The zero-order chi connectivity index (χ0) is 31.7. The number of rotatable bonds is 15. The number of carbonyl (C=O) groups excluding carboxylic acids is 1. The molecule has 0 bridgehead atoms. The Bertz CT molecular complexity index is 1390. The van der Waals surface area contributed by atoms with Crippen LogP contribution in [0.4, 0.5) is 0 Å². The van der Waals surface area contributed by atoms with E-state index in [9.17, 15) is 18.4 Å². The van der Waals surface area contributed by atoms with Crippen LogP contribution in [0.25, 0.3) is 0 Å². The van der Waals surface area contributed by atoms with E-state index < -0.39 is 20.5 Å². The molecule has 1 saturated heterocycles. The number of hydrogen-bond acceptors (Lipinski definition) is 10. The number of nitrogens with zero attached hydrogens (tertiary/aromatic N) is 2. The Morgan fingerprint density at radius 2 is 1.87 bits per heavy atom. The molecular weight excluding hydrogens is 620 g/mol. The van der Waals surface area contributed by atoms with E-state index in [0.717, 1.165) is 18.4 Å². The van der Waals surface area contributed by atoms with Gasteiger partial charge in [-0.05, 0) is 85.9 Å². The highest BCUT2D eigenvalue weighted by atomic mass is 35.5. The monoisotopic (exact) mass is 666 g/mol. The number of piperidine rings is 1. The van der Waals surface area contributed by atoms with E-state index in [-0.39, 0.29) is 36.3 Å². The average molecular weight is 667 g/mol. The number of ether oxygens (including phenoxy) is 2. The number of sulfone groups is 1. The number of nitrogens with one attached hydrogen (secondary N) is 2. The van der Waals surface area contributed by atoms with Gasteiger partial charge in [0.05, 0.1) is 18.1 Å². The molecule has 45 heavy (non-hydrogen) atoms. The smallest absolute Gasteiger partial charge is 0.265 e. The van der Waals surface area contributed by atoms with Gasteiger partial charge in [-0.15, -0.1) is 17.9 Å². The minimum absolute atomic E-state index is 0. The molecule has 250 valence electrons. The van der Waals surface area contributed by atoms with Crippen molar-refractivity contribution in [1.29, 1.82) is 0 Å². The van der Waals surface area contributed by atoms with Crippen LogP contribution >= 0.6 is 12.4 Å². The Morgan fingerprint density at radius 1 is 1.16 bits per heavy atom. The molecule has 2 heterocycles. The van der Waals surface area contributed by atoms with E-state index >= 15 is 0 Å². The van der Waals surface area contributed by atoms with Gasteiger partial charge in [-0.1, -0.05) is 32.0 Å². The number of halogens is 1. The maximum absolute atomic E-state index is 13.7. The van der Waals surface area contributed by atoms with Gasteiger partial charge in [0.15, 0.2) is 20.8 Å². The predicted molar refractivity (Wildman–Crippen MR) is 175 cm³/mol. The van der Waals surface area contributed by atoms with E-state index in [1.807, 2.05) is 4.90 Å². The van der Waals surface area contributed by atoms with Crippen LogP contribution in [-0.4, -0.2) is 75.0 Å². The fourth-order valence-corrected chi connectivity index (χ4v) is 7.61. The molecule has 0 radical (unpaired) electrons. The van der Waals surface area contributed by atoms with Crippen molar-refractivity contribution in [3.8, 4) is 5.75 Å². The molecule has 3 N–H and O–H groups in total. The highest BCUT2D eigenvalue weighted by Crippen LogP contribution is 2.36. The lowest BCUT2D eigenvalue weighted by Crippen LogP contribution is -2.57. The zero-order valence-electron chi connectivity index (χ0n) is 26.6. The molecule has 11 nitrogen and oxygen atoms in total. The van der Waals surface area contributed by atoms with Crippen LogP contribution in [0.1, 0.15) is 68.8 Å². The lowest BCUT2D eigenvalue weighted by molar-refractivity contribution is -0.133. The Hall–Kier alpha value is -2.74. The summed E-state index contributed by atoms with van der Waals surface area (Å²) in [6, 6.07) is 12.6. The van der Waals surface area contributed by atoms with E-state index in [1.54, 1.807) is 24.7 Å². The molecule has 1 atom stereocenters. The van der Waals surface area contributed by atoms with Crippen molar-refractivity contribution in [3.63, 3.8) is 0 Å². The molecule has 2 aromatic carbocycles. The average Bonchev–Trinajstić information content (AvgIpc) is 3.49. The molecule has 1 unspecified atom stereocenters. The molecule has 4 rings (SSSR count). The molecule has 1 amide bonds. The van der Waals surface area contributed by atoms with Crippen molar-refractivity contribution in [1.82, 2.24) is 15.9 Å². The number of aryl methyl sites for hydroxylation is 2. The van der Waals surface area contributed by atoms with Crippen molar-refractivity contribution >= 4 is 34.0 Å². The van der Waals surface area contributed by atoms with Gasteiger partial charge in [-0.25, -0.2) is 18.9 Å². The Morgan fingerprint density at radius 3 is 2.49 bits per heavy atom. The molecule has 0 spiro atoms. The van der Waals surface area contributed by atoms with Crippen LogP contribution in [0.2, 0.25) is 0 Å². The van der Waals surface area contributed by atoms with Crippen molar-refractivity contribution in [3.05, 3.63) is 59.2 Å². The van der Waals surface area contributed by atoms with Crippen molar-refractivity contribution < 1.29 is 32.7 Å². The van der Waals surface area contributed by atoms with Gasteiger partial charge in [0.1, 0.15) is 5.75 Å².